The molecule has 3 aromatic carbocycles. The molecule has 1 aromatic heterocycles. The van der Waals surface area contributed by atoms with Crippen LogP contribution in [0.5, 0.6) is 0 Å². The predicted molar refractivity (Wildman–Crippen MR) is 114 cm³/mol. The number of hydrogen-bond donors (Lipinski definition) is 0. The summed E-state index contributed by atoms with van der Waals surface area (Å²) in [5.41, 5.74) is 5.28. The van der Waals surface area contributed by atoms with Crippen molar-refractivity contribution in [3.05, 3.63) is 77.9 Å². The molecule has 5 nitrogen and oxygen atoms in total. The number of piperazine rings is 1. The smallest absolute Gasteiger partial charge is 0.194 e. The van der Waals surface area contributed by atoms with Crippen LogP contribution < -0.4 is 9.80 Å². The first-order valence-corrected chi connectivity index (χ1v) is 9.93. The van der Waals surface area contributed by atoms with E-state index in [4.69, 9.17) is 4.52 Å². The Morgan fingerprint density at radius 3 is 2.21 bits per heavy atom. The van der Waals surface area contributed by atoms with Crippen molar-refractivity contribution < 1.29 is 9.32 Å². The summed E-state index contributed by atoms with van der Waals surface area (Å²) in [4.78, 5) is 17.7. The molecule has 142 valence electrons. The van der Waals surface area contributed by atoms with Crippen LogP contribution in [0.15, 0.2) is 71.3 Å². The van der Waals surface area contributed by atoms with E-state index in [0.29, 0.717) is 16.9 Å². The van der Waals surface area contributed by atoms with E-state index in [9.17, 15) is 4.79 Å². The van der Waals surface area contributed by atoms with Gasteiger partial charge in [0, 0.05) is 48.6 Å². The van der Waals surface area contributed by atoms with Crippen molar-refractivity contribution in [2.75, 3.05) is 36.0 Å². The van der Waals surface area contributed by atoms with E-state index < -0.39 is 0 Å². The van der Waals surface area contributed by atoms with Gasteiger partial charge in [0.05, 0.1) is 11.1 Å². The summed E-state index contributed by atoms with van der Waals surface area (Å²) in [5, 5.41) is 5.24. The molecule has 1 aliphatic heterocycles. The quantitative estimate of drug-likeness (QED) is 0.455. The lowest BCUT2D eigenvalue weighted by atomic mass is 9.87. The Kier molecular flexibility index (Phi) is 3.50. The van der Waals surface area contributed by atoms with Gasteiger partial charge in [0.25, 0.3) is 0 Å². The van der Waals surface area contributed by atoms with Crippen LogP contribution in [0.1, 0.15) is 15.9 Å². The minimum absolute atomic E-state index is 0.0433. The number of carbonyl (C=O) groups excluding carboxylic acids is 1. The van der Waals surface area contributed by atoms with E-state index >= 15 is 0 Å². The van der Waals surface area contributed by atoms with Gasteiger partial charge >= 0.3 is 0 Å². The molecule has 0 N–H and O–H groups in total. The van der Waals surface area contributed by atoms with Crippen LogP contribution in [0.2, 0.25) is 0 Å². The van der Waals surface area contributed by atoms with Gasteiger partial charge in [0.2, 0.25) is 0 Å². The number of rotatable bonds is 2. The maximum Gasteiger partial charge on any atom is 0.194 e. The zero-order valence-electron chi connectivity index (χ0n) is 15.8. The van der Waals surface area contributed by atoms with Crippen LogP contribution in [-0.2, 0) is 0 Å². The fourth-order valence-electron chi connectivity index (χ4n) is 4.54. The zero-order chi connectivity index (χ0) is 19.4. The number of ketones is 1. The number of benzene rings is 3. The summed E-state index contributed by atoms with van der Waals surface area (Å²) in [6.07, 6.45) is 0. The molecule has 1 saturated heterocycles. The lowest BCUT2D eigenvalue weighted by Gasteiger charge is -2.37. The maximum atomic E-state index is 13.0. The molecule has 2 heterocycles. The van der Waals surface area contributed by atoms with Crippen molar-refractivity contribution in [3.8, 4) is 11.3 Å². The van der Waals surface area contributed by atoms with Crippen LogP contribution in [-0.4, -0.2) is 37.1 Å². The molecule has 1 fully saturated rings. The second kappa shape index (κ2) is 6.21. The van der Waals surface area contributed by atoms with E-state index in [1.165, 1.54) is 5.69 Å². The number of anilines is 2. The Labute approximate surface area is 168 Å². The van der Waals surface area contributed by atoms with Gasteiger partial charge in [-0.25, -0.2) is 0 Å². The summed E-state index contributed by atoms with van der Waals surface area (Å²) in [7, 11) is 0. The Balaban J connectivity index is 1.37. The summed E-state index contributed by atoms with van der Waals surface area (Å²) in [6, 6.07) is 22.1. The molecule has 2 aliphatic rings. The number of carbonyl (C=O) groups is 1. The first-order chi connectivity index (χ1) is 14.3. The average Bonchev–Trinajstić information content (AvgIpc) is 3.24. The van der Waals surface area contributed by atoms with Gasteiger partial charge in [0.15, 0.2) is 11.5 Å². The topological polar surface area (TPSA) is 49.6 Å². The molecule has 0 spiro atoms. The first-order valence-electron chi connectivity index (χ1n) is 9.93. The van der Waals surface area contributed by atoms with Crippen molar-refractivity contribution in [1.82, 2.24) is 5.16 Å². The maximum absolute atomic E-state index is 13.0. The normalized spacial score (nSPS) is 15.7. The summed E-state index contributed by atoms with van der Waals surface area (Å²) < 4.78 is 5.75. The van der Waals surface area contributed by atoms with Crippen molar-refractivity contribution in [2.24, 2.45) is 0 Å². The molecule has 0 saturated carbocycles. The van der Waals surface area contributed by atoms with Crippen LogP contribution in [0.25, 0.3) is 22.2 Å². The van der Waals surface area contributed by atoms with Crippen LogP contribution in [0, 0.1) is 0 Å². The standard InChI is InChI=1S/C24H19N3O2/c28-23-17-8-4-5-9-18(17)24-21-19(23)10-11-20(22(21)25-29-24)27-14-12-26(13-15-27)16-6-2-1-3-7-16/h1-11H,12-15H2. The number of nitrogens with zero attached hydrogens (tertiary/aromatic N) is 3. The summed E-state index contributed by atoms with van der Waals surface area (Å²) in [6.45, 7) is 3.69. The molecule has 5 heteroatoms. The molecule has 29 heavy (non-hydrogen) atoms. The predicted octanol–water partition coefficient (Wildman–Crippen LogP) is 4.37. The van der Waals surface area contributed by atoms with E-state index in [0.717, 1.165) is 48.3 Å². The fourth-order valence-corrected chi connectivity index (χ4v) is 4.54. The Bertz CT molecular complexity index is 1240. The molecular formula is C24H19N3O2. The minimum atomic E-state index is 0.0433. The Hall–Kier alpha value is -3.60. The van der Waals surface area contributed by atoms with Crippen molar-refractivity contribution >= 4 is 28.1 Å². The Morgan fingerprint density at radius 2 is 1.41 bits per heavy atom. The molecule has 4 aromatic rings. The minimum Gasteiger partial charge on any atom is -0.368 e. The fraction of sp³-hybridized carbons (Fsp3) is 0.167. The van der Waals surface area contributed by atoms with Crippen LogP contribution >= 0.6 is 0 Å². The molecule has 0 amide bonds. The van der Waals surface area contributed by atoms with Crippen molar-refractivity contribution in [3.63, 3.8) is 0 Å². The highest BCUT2D eigenvalue weighted by molar-refractivity contribution is 6.25. The summed E-state index contributed by atoms with van der Waals surface area (Å²) >= 11 is 0. The summed E-state index contributed by atoms with van der Waals surface area (Å²) in [5.74, 6) is 0.747. The molecule has 0 unspecified atom stereocenters. The zero-order valence-corrected chi connectivity index (χ0v) is 15.8. The van der Waals surface area contributed by atoms with E-state index in [-0.39, 0.29) is 5.78 Å². The number of fused-ring (bicyclic) bond motifs is 2. The SMILES string of the molecule is O=C1c2ccccc2-c2onc3c(N4CCN(c5ccccc5)CC4)ccc1c23. The molecule has 0 atom stereocenters. The average molecular weight is 381 g/mol. The second-order valence-corrected chi connectivity index (χ2v) is 7.55. The second-order valence-electron chi connectivity index (χ2n) is 7.55. The van der Waals surface area contributed by atoms with E-state index in [1.54, 1.807) is 0 Å². The van der Waals surface area contributed by atoms with E-state index in [2.05, 4.69) is 39.2 Å². The third-order valence-corrected chi connectivity index (χ3v) is 6.01. The number of hydrogen-bond acceptors (Lipinski definition) is 5. The van der Waals surface area contributed by atoms with Gasteiger partial charge in [-0.3, -0.25) is 4.79 Å². The van der Waals surface area contributed by atoms with Crippen LogP contribution in [0.4, 0.5) is 11.4 Å². The number of para-hydroxylation sites is 1. The monoisotopic (exact) mass is 381 g/mol. The highest BCUT2D eigenvalue weighted by atomic mass is 16.5. The van der Waals surface area contributed by atoms with Gasteiger partial charge in [-0.15, -0.1) is 0 Å². The lowest BCUT2D eigenvalue weighted by Crippen LogP contribution is -2.46. The molecule has 0 radical (unpaired) electrons. The van der Waals surface area contributed by atoms with Gasteiger partial charge in [-0.2, -0.15) is 0 Å². The number of aromatic nitrogens is 1. The van der Waals surface area contributed by atoms with Gasteiger partial charge < -0.3 is 14.3 Å². The van der Waals surface area contributed by atoms with Gasteiger partial charge in [-0.1, -0.05) is 47.6 Å². The lowest BCUT2D eigenvalue weighted by molar-refractivity contribution is 0.104. The van der Waals surface area contributed by atoms with Gasteiger partial charge in [-0.05, 0) is 24.3 Å². The molecule has 0 bridgehead atoms. The highest BCUT2D eigenvalue weighted by Gasteiger charge is 2.31. The molecular weight excluding hydrogens is 362 g/mol. The van der Waals surface area contributed by atoms with Crippen molar-refractivity contribution in [1.29, 1.82) is 0 Å². The van der Waals surface area contributed by atoms with E-state index in [1.807, 2.05) is 42.5 Å². The molecule has 6 rings (SSSR count). The third-order valence-electron chi connectivity index (χ3n) is 6.01. The first kappa shape index (κ1) is 16.4. The largest absolute Gasteiger partial charge is 0.368 e. The third kappa shape index (κ3) is 2.40. The molecule has 1 aliphatic carbocycles. The van der Waals surface area contributed by atoms with Crippen molar-refractivity contribution in [2.45, 2.75) is 0 Å². The highest BCUT2D eigenvalue weighted by Crippen LogP contribution is 2.42. The van der Waals surface area contributed by atoms with Gasteiger partial charge in [0.1, 0.15) is 5.52 Å². The Morgan fingerprint density at radius 1 is 0.724 bits per heavy atom. The van der Waals surface area contributed by atoms with Crippen LogP contribution in [0.3, 0.4) is 0 Å².